The Balaban J connectivity index is 1.22. The average Bonchev–Trinajstić information content (AvgIpc) is 3.81. The van der Waals surface area contributed by atoms with Crippen molar-refractivity contribution in [3.8, 4) is 23.6 Å². The summed E-state index contributed by atoms with van der Waals surface area (Å²) >= 11 is 1.47. The number of ether oxygens (including phenoxy) is 2. The Morgan fingerprint density at radius 2 is 1.94 bits per heavy atom. The molecular formula is C34H45N9O4S. The van der Waals surface area contributed by atoms with Crippen molar-refractivity contribution in [1.82, 2.24) is 29.9 Å². The van der Waals surface area contributed by atoms with Gasteiger partial charge in [-0.3, -0.25) is 9.80 Å². The number of carbonyl (C=O) groups is 1. The van der Waals surface area contributed by atoms with Crippen molar-refractivity contribution in [2.24, 2.45) is 0 Å². The first-order valence-corrected chi connectivity index (χ1v) is 17.8. The van der Waals surface area contributed by atoms with Crippen LogP contribution in [-0.2, 0) is 16.6 Å². The number of nitriles is 1. The van der Waals surface area contributed by atoms with Gasteiger partial charge in [-0.15, -0.1) is 11.3 Å². The highest BCUT2D eigenvalue weighted by molar-refractivity contribution is 7.16. The summed E-state index contributed by atoms with van der Waals surface area (Å²) in [7, 11) is 2.12. The summed E-state index contributed by atoms with van der Waals surface area (Å²) in [5.74, 6) is 1.45. The van der Waals surface area contributed by atoms with Gasteiger partial charge in [0.15, 0.2) is 0 Å². The largest absolute Gasteiger partial charge is 0.459 e. The predicted octanol–water partition coefficient (Wildman–Crippen LogP) is 5.13. The SMILES string of the molecule is C[C@H](Oc1nc(-c2noc([C@@]3(C)CCCc4sc(N)c(C#N)c43)n2)cc(N2CC3CCC(C2)N3C(=O)OC(C)(C)C)n1)[C@@H]1CCCN1C. The number of aryl methyl sites for hydroxylation is 1. The standard InChI is InChI=1S/C34H45N9O4S/c1-19(24-9-8-14-41(24)6)45-31-37-23(15-26(38-31)42-17-20-11-12-21(18-42)43(20)32(44)46-33(2,3)4)29-39-30(47-40-29)34(5)13-7-10-25-27(34)22(16-35)28(36)48-25/h15,19-21,24H,7-14,17-18,36H2,1-6H3/t19-,20?,21?,24-,34-/m0/s1. The van der Waals surface area contributed by atoms with Crippen LogP contribution in [0.4, 0.5) is 15.6 Å². The van der Waals surface area contributed by atoms with Crippen molar-refractivity contribution in [2.75, 3.05) is 37.3 Å². The van der Waals surface area contributed by atoms with E-state index < -0.39 is 11.0 Å². The number of likely N-dealkylation sites (tertiary alicyclic amines) is 1. The van der Waals surface area contributed by atoms with Crippen LogP contribution in [0.5, 0.6) is 6.01 Å². The summed E-state index contributed by atoms with van der Waals surface area (Å²) in [5.41, 5.74) is 6.95. The Bertz CT molecular complexity index is 1730. The van der Waals surface area contributed by atoms with Crippen LogP contribution in [0.3, 0.4) is 0 Å². The number of amides is 1. The summed E-state index contributed by atoms with van der Waals surface area (Å²) in [4.78, 5) is 35.3. The number of hydrogen-bond donors (Lipinski definition) is 1. The van der Waals surface area contributed by atoms with Crippen LogP contribution in [-0.4, -0.2) is 92.5 Å². The zero-order chi connectivity index (χ0) is 34.0. The number of likely N-dealkylation sites (N-methyl/N-ethyl adjacent to an activating group) is 1. The highest BCUT2D eigenvalue weighted by Crippen LogP contribution is 2.48. The number of thiophene rings is 1. The molecule has 3 aromatic heterocycles. The first-order valence-electron chi connectivity index (χ1n) is 17.0. The summed E-state index contributed by atoms with van der Waals surface area (Å²) < 4.78 is 18.2. The number of nitrogen functional groups attached to an aromatic ring is 1. The van der Waals surface area contributed by atoms with Crippen LogP contribution < -0.4 is 15.4 Å². The minimum absolute atomic E-state index is 0.0112. The van der Waals surface area contributed by atoms with Crippen molar-refractivity contribution in [3.05, 3.63) is 28.0 Å². The van der Waals surface area contributed by atoms with E-state index in [4.69, 9.17) is 34.7 Å². The number of hydrogen-bond acceptors (Lipinski definition) is 13. The molecule has 6 heterocycles. The molecule has 3 aromatic rings. The van der Waals surface area contributed by atoms with Gasteiger partial charge in [0.05, 0.1) is 23.1 Å². The first-order chi connectivity index (χ1) is 22.8. The zero-order valence-corrected chi connectivity index (χ0v) is 29.5. The molecule has 256 valence electrons. The second-order valence-corrected chi connectivity index (χ2v) is 16.1. The molecule has 0 saturated carbocycles. The molecule has 48 heavy (non-hydrogen) atoms. The maximum Gasteiger partial charge on any atom is 0.410 e. The number of piperazine rings is 1. The van der Waals surface area contributed by atoms with Crippen molar-refractivity contribution < 1.29 is 18.8 Å². The lowest BCUT2D eigenvalue weighted by Gasteiger charge is -2.41. The molecule has 2 bridgehead atoms. The first kappa shape index (κ1) is 32.6. The van der Waals surface area contributed by atoms with E-state index in [1.54, 1.807) is 0 Å². The number of nitrogens with two attached hydrogens (primary N) is 1. The predicted molar refractivity (Wildman–Crippen MR) is 181 cm³/mol. The Morgan fingerprint density at radius 3 is 2.60 bits per heavy atom. The summed E-state index contributed by atoms with van der Waals surface area (Å²) in [5, 5.41) is 14.9. The molecule has 3 saturated heterocycles. The third kappa shape index (κ3) is 5.85. The molecule has 1 amide bonds. The van der Waals surface area contributed by atoms with Gasteiger partial charge in [-0.25, -0.2) is 4.79 Å². The topological polar surface area (TPSA) is 160 Å². The second-order valence-electron chi connectivity index (χ2n) is 14.9. The number of carbonyl (C=O) groups excluding carboxylic acids is 1. The molecule has 0 aromatic carbocycles. The molecule has 13 nitrogen and oxygen atoms in total. The molecular weight excluding hydrogens is 630 g/mol. The molecule has 0 spiro atoms. The quantitative estimate of drug-likeness (QED) is 0.367. The van der Waals surface area contributed by atoms with Crippen molar-refractivity contribution in [2.45, 2.75) is 115 Å². The van der Waals surface area contributed by atoms with Crippen LogP contribution in [0.2, 0.25) is 0 Å². The van der Waals surface area contributed by atoms with E-state index in [2.05, 4.69) is 41.9 Å². The van der Waals surface area contributed by atoms with E-state index in [1.165, 1.54) is 11.3 Å². The van der Waals surface area contributed by atoms with Crippen molar-refractivity contribution >= 4 is 28.2 Å². The van der Waals surface area contributed by atoms with Crippen LogP contribution >= 0.6 is 11.3 Å². The maximum atomic E-state index is 13.1. The minimum Gasteiger partial charge on any atom is -0.459 e. The third-order valence-electron chi connectivity index (χ3n) is 10.4. The number of rotatable bonds is 6. The average molecular weight is 676 g/mol. The molecule has 4 aliphatic rings. The Hall–Kier alpha value is -3.96. The van der Waals surface area contributed by atoms with Gasteiger partial charge in [0.1, 0.15) is 34.3 Å². The second kappa shape index (κ2) is 12.2. The molecule has 2 N–H and O–H groups in total. The van der Waals surface area contributed by atoms with Gasteiger partial charge in [-0.1, -0.05) is 5.16 Å². The van der Waals surface area contributed by atoms with Gasteiger partial charge < -0.3 is 24.6 Å². The lowest BCUT2D eigenvalue weighted by Crippen LogP contribution is -2.57. The Kier molecular flexibility index (Phi) is 8.26. The molecule has 2 unspecified atom stereocenters. The van der Waals surface area contributed by atoms with E-state index in [9.17, 15) is 10.1 Å². The molecule has 5 atom stereocenters. The Morgan fingerprint density at radius 1 is 1.19 bits per heavy atom. The summed E-state index contributed by atoms with van der Waals surface area (Å²) in [6, 6.07) is 4.74. The van der Waals surface area contributed by atoms with Gasteiger partial charge >= 0.3 is 12.1 Å². The molecule has 1 aliphatic carbocycles. The molecule has 3 aliphatic heterocycles. The van der Waals surface area contributed by atoms with Gasteiger partial charge in [0.2, 0.25) is 11.7 Å². The highest BCUT2D eigenvalue weighted by Gasteiger charge is 2.46. The molecule has 3 fully saturated rings. The smallest absolute Gasteiger partial charge is 0.410 e. The fourth-order valence-corrected chi connectivity index (χ4v) is 9.27. The Labute approximate surface area is 285 Å². The monoisotopic (exact) mass is 675 g/mol. The zero-order valence-electron chi connectivity index (χ0n) is 28.7. The van der Waals surface area contributed by atoms with Crippen LogP contribution in [0.25, 0.3) is 11.5 Å². The van der Waals surface area contributed by atoms with E-state index >= 15 is 0 Å². The van der Waals surface area contributed by atoms with Crippen LogP contribution in [0, 0.1) is 11.3 Å². The number of anilines is 2. The third-order valence-corrected chi connectivity index (χ3v) is 11.5. The van der Waals surface area contributed by atoms with Gasteiger partial charge in [0.25, 0.3) is 0 Å². The van der Waals surface area contributed by atoms with Crippen LogP contribution in [0.1, 0.15) is 95.0 Å². The molecule has 14 heteroatoms. The van der Waals surface area contributed by atoms with Gasteiger partial charge in [0, 0.05) is 35.6 Å². The molecule has 7 rings (SSSR count). The van der Waals surface area contributed by atoms with Crippen molar-refractivity contribution in [3.63, 3.8) is 0 Å². The summed E-state index contributed by atoms with van der Waals surface area (Å²) in [6.45, 7) is 12.1. The summed E-state index contributed by atoms with van der Waals surface area (Å²) in [6.07, 6.45) is 6.14. The lowest BCUT2D eigenvalue weighted by molar-refractivity contribution is 0.0122. The number of aromatic nitrogens is 4. The fourth-order valence-electron chi connectivity index (χ4n) is 8.08. The fraction of sp³-hybridized carbons (Fsp3) is 0.647. The number of nitrogens with zero attached hydrogens (tertiary/aromatic N) is 8. The van der Waals surface area contributed by atoms with E-state index in [-0.39, 0.29) is 36.3 Å². The molecule has 0 radical (unpaired) electrons. The van der Waals surface area contributed by atoms with E-state index in [1.807, 2.05) is 31.7 Å². The van der Waals surface area contributed by atoms with E-state index in [0.717, 1.165) is 61.9 Å². The normalized spacial score (nSPS) is 26.3. The maximum absolute atomic E-state index is 13.1. The van der Waals surface area contributed by atoms with E-state index in [0.29, 0.717) is 46.9 Å². The van der Waals surface area contributed by atoms with Gasteiger partial charge in [-0.05, 0) is 93.2 Å². The van der Waals surface area contributed by atoms with Crippen LogP contribution in [0.15, 0.2) is 10.6 Å². The van der Waals surface area contributed by atoms with Crippen molar-refractivity contribution in [1.29, 1.82) is 5.26 Å². The minimum atomic E-state index is -0.647. The number of fused-ring (bicyclic) bond motifs is 3. The van der Waals surface area contributed by atoms with Gasteiger partial charge in [-0.2, -0.15) is 20.2 Å². The lowest BCUT2D eigenvalue weighted by atomic mass is 9.72. The highest BCUT2D eigenvalue weighted by atomic mass is 32.1.